The first-order chi connectivity index (χ1) is 7.54. The second-order valence-electron chi connectivity index (χ2n) is 4.16. The van der Waals surface area contributed by atoms with Crippen molar-refractivity contribution < 1.29 is 9.50 Å². The highest BCUT2D eigenvalue weighted by Gasteiger charge is 2.11. The number of rotatable bonds is 5. The minimum absolute atomic E-state index is 0.0452. The van der Waals surface area contributed by atoms with Crippen molar-refractivity contribution in [3.8, 4) is 0 Å². The number of halogens is 2. The van der Waals surface area contributed by atoms with E-state index in [0.717, 1.165) is 5.56 Å². The largest absolute Gasteiger partial charge is 0.395 e. The summed E-state index contributed by atoms with van der Waals surface area (Å²) in [7, 11) is 0. The van der Waals surface area contributed by atoms with E-state index in [2.05, 4.69) is 5.32 Å². The maximum Gasteiger partial charge on any atom is 0.141 e. The van der Waals surface area contributed by atoms with Crippen LogP contribution in [-0.4, -0.2) is 17.8 Å². The van der Waals surface area contributed by atoms with Crippen molar-refractivity contribution >= 4 is 11.6 Å². The fourth-order valence-electron chi connectivity index (χ4n) is 1.41. The van der Waals surface area contributed by atoms with Crippen molar-refractivity contribution in [2.24, 2.45) is 5.92 Å². The third-order valence-electron chi connectivity index (χ3n) is 2.55. The molecule has 4 heteroatoms. The summed E-state index contributed by atoms with van der Waals surface area (Å²) in [5.74, 6) is -0.0612. The van der Waals surface area contributed by atoms with E-state index in [1.54, 1.807) is 12.1 Å². The normalized spacial score (nSPS) is 13.1. The smallest absolute Gasteiger partial charge is 0.141 e. The Hall–Kier alpha value is -0.640. The maximum atomic E-state index is 12.9. The first kappa shape index (κ1) is 13.4. The summed E-state index contributed by atoms with van der Waals surface area (Å²) < 4.78 is 12.9. The molecule has 0 saturated heterocycles. The van der Waals surface area contributed by atoms with Gasteiger partial charge in [-0.2, -0.15) is 0 Å². The molecule has 0 heterocycles. The van der Waals surface area contributed by atoms with Gasteiger partial charge in [0.25, 0.3) is 0 Å². The summed E-state index contributed by atoms with van der Waals surface area (Å²) in [6.07, 6.45) is 0. The molecule has 1 atom stereocenters. The van der Waals surface area contributed by atoms with E-state index >= 15 is 0 Å². The summed E-state index contributed by atoms with van der Waals surface area (Å²) in [5.41, 5.74) is 0.908. The van der Waals surface area contributed by atoms with Crippen molar-refractivity contribution in [3.63, 3.8) is 0 Å². The van der Waals surface area contributed by atoms with E-state index in [1.165, 1.54) is 6.07 Å². The molecule has 90 valence electrons. The molecule has 2 nitrogen and oxygen atoms in total. The second-order valence-corrected chi connectivity index (χ2v) is 4.57. The van der Waals surface area contributed by atoms with Crippen molar-refractivity contribution in [2.45, 2.75) is 26.4 Å². The van der Waals surface area contributed by atoms with Crippen molar-refractivity contribution in [3.05, 3.63) is 34.6 Å². The molecule has 0 fully saturated rings. The molecule has 0 spiro atoms. The Morgan fingerprint density at radius 3 is 2.62 bits per heavy atom. The van der Waals surface area contributed by atoms with Crippen molar-refractivity contribution in [2.75, 3.05) is 6.61 Å². The lowest BCUT2D eigenvalue weighted by Gasteiger charge is -2.20. The Morgan fingerprint density at radius 2 is 2.12 bits per heavy atom. The highest BCUT2D eigenvalue weighted by molar-refractivity contribution is 6.30. The van der Waals surface area contributed by atoms with Crippen LogP contribution in [0, 0.1) is 11.7 Å². The molecule has 2 N–H and O–H groups in total. The lowest BCUT2D eigenvalue weighted by molar-refractivity contribution is 0.210. The van der Waals surface area contributed by atoms with Gasteiger partial charge in [0, 0.05) is 12.6 Å². The first-order valence-corrected chi connectivity index (χ1v) is 5.70. The molecule has 1 aromatic rings. The molecule has 0 radical (unpaired) electrons. The summed E-state index contributed by atoms with van der Waals surface area (Å²) in [6.45, 7) is 4.73. The Morgan fingerprint density at radius 1 is 1.44 bits per heavy atom. The van der Waals surface area contributed by atoms with Crippen molar-refractivity contribution in [1.29, 1.82) is 0 Å². The van der Waals surface area contributed by atoms with Gasteiger partial charge in [-0.25, -0.2) is 4.39 Å². The fourth-order valence-corrected chi connectivity index (χ4v) is 1.61. The van der Waals surface area contributed by atoms with E-state index in [0.29, 0.717) is 12.5 Å². The SMILES string of the molecule is CC(C)C(CO)NCc1ccc(F)c(Cl)c1. The predicted molar refractivity (Wildman–Crippen MR) is 64.0 cm³/mol. The molecule has 0 saturated carbocycles. The van der Waals surface area contributed by atoms with Gasteiger partial charge < -0.3 is 10.4 Å². The Kier molecular flexibility index (Phi) is 5.19. The molecule has 1 unspecified atom stereocenters. The zero-order chi connectivity index (χ0) is 12.1. The van der Waals surface area contributed by atoms with Crippen LogP contribution in [0.15, 0.2) is 18.2 Å². The Balaban J connectivity index is 2.57. The van der Waals surface area contributed by atoms with Gasteiger partial charge in [0.15, 0.2) is 0 Å². The van der Waals surface area contributed by atoms with Crippen LogP contribution in [0.4, 0.5) is 4.39 Å². The average Bonchev–Trinajstić information content (AvgIpc) is 2.23. The minimum Gasteiger partial charge on any atom is -0.395 e. The molecule has 0 aromatic heterocycles. The van der Waals surface area contributed by atoms with Gasteiger partial charge >= 0.3 is 0 Å². The van der Waals surface area contributed by atoms with Gasteiger partial charge in [0.2, 0.25) is 0 Å². The highest BCUT2D eigenvalue weighted by Crippen LogP contribution is 2.16. The number of aliphatic hydroxyl groups excluding tert-OH is 1. The number of hydrogen-bond donors (Lipinski definition) is 2. The summed E-state index contributed by atoms with van der Waals surface area (Å²) in [6, 6.07) is 4.67. The van der Waals surface area contributed by atoms with E-state index in [1.807, 2.05) is 13.8 Å². The van der Waals surface area contributed by atoms with E-state index in [4.69, 9.17) is 16.7 Å². The molecule has 0 bridgehead atoms. The third kappa shape index (κ3) is 3.74. The van der Waals surface area contributed by atoms with Crippen LogP contribution in [0.1, 0.15) is 19.4 Å². The molecule has 0 aliphatic carbocycles. The van der Waals surface area contributed by atoms with Crippen LogP contribution in [0.25, 0.3) is 0 Å². The lowest BCUT2D eigenvalue weighted by atomic mass is 10.1. The van der Waals surface area contributed by atoms with Gasteiger partial charge in [-0.3, -0.25) is 0 Å². The molecule has 0 aliphatic rings. The van der Waals surface area contributed by atoms with Gasteiger partial charge in [-0.05, 0) is 23.6 Å². The van der Waals surface area contributed by atoms with Crippen molar-refractivity contribution in [1.82, 2.24) is 5.32 Å². The molecular weight excluding hydrogens is 229 g/mol. The zero-order valence-electron chi connectivity index (χ0n) is 9.50. The predicted octanol–water partition coefficient (Wildman–Crippen LogP) is 2.59. The molecule has 0 aliphatic heterocycles. The maximum absolute atomic E-state index is 12.9. The number of hydrogen-bond acceptors (Lipinski definition) is 2. The van der Waals surface area contributed by atoms with Crippen LogP contribution >= 0.6 is 11.6 Å². The lowest BCUT2D eigenvalue weighted by Crippen LogP contribution is -2.36. The molecule has 16 heavy (non-hydrogen) atoms. The Labute approximate surface area is 100 Å². The Bertz CT molecular complexity index is 344. The van der Waals surface area contributed by atoms with Gasteiger partial charge in [-0.15, -0.1) is 0 Å². The van der Waals surface area contributed by atoms with Crippen LogP contribution < -0.4 is 5.32 Å². The van der Waals surface area contributed by atoms with Crippen LogP contribution in [0.2, 0.25) is 5.02 Å². The van der Waals surface area contributed by atoms with Gasteiger partial charge in [0.1, 0.15) is 5.82 Å². The van der Waals surface area contributed by atoms with Crippen LogP contribution in [0.3, 0.4) is 0 Å². The summed E-state index contributed by atoms with van der Waals surface area (Å²) >= 11 is 5.67. The van der Waals surface area contributed by atoms with E-state index < -0.39 is 5.82 Å². The molecule has 0 amide bonds. The molecule has 1 rings (SSSR count). The zero-order valence-corrected chi connectivity index (χ0v) is 10.3. The van der Waals surface area contributed by atoms with Crippen LogP contribution in [-0.2, 0) is 6.54 Å². The summed E-state index contributed by atoms with van der Waals surface area (Å²) in [4.78, 5) is 0. The van der Waals surface area contributed by atoms with E-state index in [-0.39, 0.29) is 17.7 Å². The minimum atomic E-state index is -0.409. The van der Waals surface area contributed by atoms with E-state index in [9.17, 15) is 4.39 Å². The van der Waals surface area contributed by atoms with Gasteiger partial charge in [-0.1, -0.05) is 31.5 Å². The average molecular weight is 246 g/mol. The topological polar surface area (TPSA) is 32.3 Å². The molecule has 1 aromatic carbocycles. The summed E-state index contributed by atoms with van der Waals surface area (Å²) in [5, 5.41) is 12.5. The fraction of sp³-hybridized carbons (Fsp3) is 0.500. The number of nitrogens with one attached hydrogen (secondary N) is 1. The van der Waals surface area contributed by atoms with Crippen LogP contribution in [0.5, 0.6) is 0 Å². The highest BCUT2D eigenvalue weighted by atomic mass is 35.5. The number of aliphatic hydroxyl groups is 1. The number of benzene rings is 1. The monoisotopic (exact) mass is 245 g/mol. The second kappa shape index (κ2) is 6.18. The third-order valence-corrected chi connectivity index (χ3v) is 2.84. The quantitative estimate of drug-likeness (QED) is 0.836. The molecular formula is C12H17ClFNO. The first-order valence-electron chi connectivity index (χ1n) is 5.32. The van der Waals surface area contributed by atoms with Gasteiger partial charge in [0.05, 0.1) is 11.6 Å². The standard InChI is InChI=1S/C12H17ClFNO/c1-8(2)12(7-16)15-6-9-3-4-11(14)10(13)5-9/h3-5,8,12,15-16H,6-7H2,1-2H3.